The maximum atomic E-state index is 13.9. The number of rotatable bonds is 5. The van der Waals surface area contributed by atoms with E-state index < -0.39 is 15.9 Å². The molecule has 1 aromatic heterocycles. The molecule has 5 rings (SSSR count). The van der Waals surface area contributed by atoms with Crippen LogP contribution in [0.1, 0.15) is 22.6 Å². The highest BCUT2D eigenvalue weighted by molar-refractivity contribution is 9.13. The number of amides is 1. The van der Waals surface area contributed by atoms with Crippen molar-refractivity contribution in [2.45, 2.75) is 24.0 Å². The summed E-state index contributed by atoms with van der Waals surface area (Å²) in [6, 6.07) is 17.8. The molecule has 10 heteroatoms. The minimum Gasteiger partial charge on any atom is -0.368 e. The van der Waals surface area contributed by atoms with E-state index in [1.807, 2.05) is 35.2 Å². The minimum absolute atomic E-state index is 0.0423. The number of anilines is 1. The maximum absolute atomic E-state index is 13.9. The number of sulfonamides is 1. The molecule has 3 aromatic rings. The summed E-state index contributed by atoms with van der Waals surface area (Å²) in [4.78, 5) is 18.2. The monoisotopic (exact) mass is 665 g/mol. The van der Waals surface area contributed by atoms with Gasteiger partial charge in [0.25, 0.3) is 10.0 Å². The first-order chi connectivity index (χ1) is 17.7. The van der Waals surface area contributed by atoms with Crippen LogP contribution < -0.4 is 4.90 Å². The van der Waals surface area contributed by atoms with Gasteiger partial charge in [0.2, 0.25) is 5.91 Å². The van der Waals surface area contributed by atoms with Crippen LogP contribution in [-0.2, 0) is 14.8 Å². The third-order valence-corrected chi connectivity index (χ3v) is 13.1. The quantitative estimate of drug-likeness (QED) is 0.354. The summed E-state index contributed by atoms with van der Waals surface area (Å²) in [5.74, 6) is -0.565. The highest BCUT2D eigenvalue weighted by atomic mass is 79.9. The predicted molar refractivity (Wildman–Crippen MR) is 156 cm³/mol. The van der Waals surface area contributed by atoms with E-state index in [0.29, 0.717) is 24.1 Å². The summed E-state index contributed by atoms with van der Waals surface area (Å²) < 4.78 is 30.3. The van der Waals surface area contributed by atoms with E-state index in [-0.39, 0.29) is 22.6 Å². The van der Waals surface area contributed by atoms with Crippen molar-refractivity contribution in [3.05, 3.63) is 79.5 Å². The fraction of sp³-hybridized carbons (Fsp3) is 0.370. The van der Waals surface area contributed by atoms with Crippen molar-refractivity contribution in [3.63, 3.8) is 0 Å². The number of carbonyl (C=O) groups is 1. The van der Waals surface area contributed by atoms with Crippen molar-refractivity contribution in [2.75, 3.05) is 44.2 Å². The van der Waals surface area contributed by atoms with Crippen molar-refractivity contribution < 1.29 is 13.2 Å². The SMILES string of the molecule is Cc1cccc(N2CCN(C(=O)C3CN(S(=O)(=O)c4cc(Br)c(Br)s4)CC3c3ccccc3)CC2)c1C. The Labute approximate surface area is 239 Å². The summed E-state index contributed by atoms with van der Waals surface area (Å²) >= 11 is 7.99. The molecule has 37 heavy (non-hydrogen) atoms. The second-order valence-electron chi connectivity index (χ2n) is 9.66. The van der Waals surface area contributed by atoms with E-state index >= 15 is 0 Å². The van der Waals surface area contributed by atoms with Crippen molar-refractivity contribution >= 4 is 64.8 Å². The van der Waals surface area contributed by atoms with Crippen LogP contribution in [0.15, 0.2) is 67.1 Å². The van der Waals surface area contributed by atoms with Crippen LogP contribution in [0.2, 0.25) is 0 Å². The Bertz CT molecular complexity index is 1380. The Balaban J connectivity index is 1.36. The topological polar surface area (TPSA) is 60.9 Å². The predicted octanol–water partition coefficient (Wildman–Crippen LogP) is 5.64. The molecule has 0 spiro atoms. The molecule has 2 atom stereocenters. The summed E-state index contributed by atoms with van der Waals surface area (Å²) in [5, 5.41) is 0. The molecule has 0 saturated carbocycles. The fourth-order valence-corrected chi connectivity index (χ4v) is 9.78. The molecule has 6 nitrogen and oxygen atoms in total. The van der Waals surface area contributed by atoms with Gasteiger partial charge in [-0.2, -0.15) is 4.31 Å². The second kappa shape index (κ2) is 10.8. The van der Waals surface area contributed by atoms with Gasteiger partial charge >= 0.3 is 0 Å². The first-order valence-corrected chi connectivity index (χ1v) is 16.1. The Morgan fingerprint density at radius 2 is 1.65 bits per heavy atom. The highest BCUT2D eigenvalue weighted by Crippen LogP contribution is 2.41. The molecular formula is C27H29Br2N3O3S2. The number of carbonyl (C=O) groups excluding carboxylic acids is 1. The van der Waals surface area contributed by atoms with Gasteiger partial charge in [0.05, 0.1) is 9.70 Å². The Morgan fingerprint density at radius 1 is 0.946 bits per heavy atom. The summed E-state index contributed by atoms with van der Waals surface area (Å²) in [6.07, 6.45) is 0. The average molecular weight is 667 g/mol. The van der Waals surface area contributed by atoms with Gasteiger partial charge in [0, 0.05) is 55.3 Å². The molecule has 2 fully saturated rings. The zero-order valence-electron chi connectivity index (χ0n) is 20.7. The molecule has 0 radical (unpaired) electrons. The summed E-state index contributed by atoms with van der Waals surface area (Å²) in [5.41, 5.74) is 4.76. The second-order valence-corrected chi connectivity index (χ2v) is 15.1. The molecule has 0 bridgehead atoms. The van der Waals surface area contributed by atoms with E-state index in [9.17, 15) is 13.2 Å². The number of nitrogens with zero attached hydrogens (tertiary/aromatic N) is 3. The van der Waals surface area contributed by atoms with Crippen LogP contribution in [0.3, 0.4) is 0 Å². The lowest BCUT2D eigenvalue weighted by Gasteiger charge is -2.38. The average Bonchev–Trinajstić information content (AvgIpc) is 3.50. The van der Waals surface area contributed by atoms with Crippen LogP contribution in [-0.4, -0.2) is 62.8 Å². The van der Waals surface area contributed by atoms with Gasteiger partial charge < -0.3 is 9.80 Å². The molecule has 2 unspecified atom stereocenters. The lowest BCUT2D eigenvalue weighted by Crippen LogP contribution is -2.51. The largest absolute Gasteiger partial charge is 0.368 e. The Kier molecular flexibility index (Phi) is 7.85. The molecule has 0 aliphatic carbocycles. The molecule has 3 heterocycles. The molecule has 0 N–H and O–H groups in total. The summed E-state index contributed by atoms with van der Waals surface area (Å²) in [6.45, 7) is 7.52. The van der Waals surface area contributed by atoms with Crippen LogP contribution in [0, 0.1) is 19.8 Å². The molecule has 1 amide bonds. The lowest BCUT2D eigenvalue weighted by molar-refractivity contribution is -0.135. The van der Waals surface area contributed by atoms with Gasteiger partial charge in [0.15, 0.2) is 0 Å². The minimum atomic E-state index is -3.72. The zero-order valence-corrected chi connectivity index (χ0v) is 25.5. The van der Waals surface area contributed by atoms with Crippen molar-refractivity contribution in [3.8, 4) is 0 Å². The molecule has 2 saturated heterocycles. The van der Waals surface area contributed by atoms with Gasteiger partial charge in [-0.15, -0.1) is 11.3 Å². The zero-order chi connectivity index (χ0) is 26.3. The molecular weight excluding hydrogens is 638 g/mol. The van der Waals surface area contributed by atoms with Gasteiger partial charge in [-0.25, -0.2) is 8.42 Å². The maximum Gasteiger partial charge on any atom is 0.252 e. The lowest BCUT2D eigenvalue weighted by atomic mass is 9.88. The van der Waals surface area contributed by atoms with E-state index in [0.717, 1.165) is 22.4 Å². The standard InChI is InChI=1S/C27H29Br2N3O3S2/c1-18-7-6-10-24(19(18)2)30-11-13-31(14-12-30)27(33)22-17-32(16-21(22)20-8-4-3-5-9-20)37(34,35)25-15-23(28)26(29)36-25/h3-10,15,21-22H,11-14,16-17H2,1-2H3. The number of thiophene rings is 1. The van der Waals surface area contributed by atoms with E-state index in [4.69, 9.17) is 0 Å². The first-order valence-electron chi connectivity index (χ1n) is 12.3. The number of benzene rings is 2. The third kappa shape index (κ3) is 5.28. The van der Waals surface area contributed by atoms with Crippen molar-refractivity contribution in [1.82, 2.24) is 9.21 Å². The fourth-order valence-electron chi connectivity index (χ4n) is 5.31. The van der Waals surface area contributed by atoms with Crippen molar-refractivity contribution in [2.24, 2.45) is 5.92 Å². The van der Waals surface area contributed by atoms with Gasteiger partial charge in [-0.1, -0.05) is 42.5 Å². The van der Waals surface area contributed by atoms with Gasteiger partial charge in [-0.05, 0) is 74.5 Å². The number of hydrogen-bond donors (Lipinski definition) is 0. The molecule has 2 aliphatic rings. The van der Waals surface area contributed by atoms with Gasteiger partial charge in [-0.3, -0.25) is 4.79 Å². The van der Waals surface area contributed by atoms with Gasteiger partial charge in [0.1, 0.15) is 4.21 Å². The third-order valence-electron chi connectivity index (χ3n) is 7.56. The number of halogens is 2. The number of piperazine rings is 1. The summed E-state index contributed by atoms with van der Waals surface area (Å²) in [7, 11) is -3.72. The van der Waals surface area contributed by atoms with E-state index in [1.165, 1.54) is 32.5 Å². The van der Waals surface area contributed by atoms with Crippen LogP contribution in [0.4, 0.5) is 5.69 Å². The van der Waals surface area contributed by atoms with E-state index in [2.05, 4.69) is 68.8 Å². The highest BCUT2D eigenvalue weighted by Gasteiger charge is 2.45. The Morgan fingerprint density at radius 3 is 2.30 bits per heavy atom. The molecule has 2 aliphatic heterocycles. The number of hydrogen-bond acceptors (Lipinski definition) is 5. The molecule has 196 valence electrons. The van der Waals surface area contributed by atoms with Crippen LogP contribution in [0.25, 0.3) is 0 Å². The van der Waals surface area contributed by atoms with E-state index in [1.54, 1.807) is 6.07 Å². The van der Waals surface area contributed by atoms with Crippen molar-refractivity contribution in [1.29, 1.82) is 0 Å². The smallest absolute Gasteiger partial charge is 0.252 e. The number of aryl methyl sites for hydroxylation is 1. The van der Waals surface area contributed by atoms with Crippen LogP contribution in [0.5, 0.6) is 0 Å². The van der Waals surface area contributed by atoms with Crippen LogP contribution >= 0.6 is 43.2 Å². The normalized spacial score (nSPS) is 21.0. The Hall–Kier alpha value is -1.72. The first kappa shape index (κ1) is 26.9. The molecule has 2 aromatic carbocycles.